The van der Waals surface area contributed by atoms with E-state index in [1.54, 1.807) is 38.1 Å². The number of rotatable bonds is 4. The molecule has 0 saturated heterocycles. The van der Waals surface area contributed by atoms with Crippen molar-refractivity contribution in [3.63, 3.8) is 0 Å². The zero-order chi connectivity index (χ0) is 17.1. The van der Waals surface area contributed by atoms with Crippen molar-refractivity contribution in [1.82, 2.24) is 0 Å². The molecule has 0 atom stereocenters. The van der Waals surface area contributed by atoms with Crippen LogP contribution in [0.5, 0.6) is 5.75 Å². The monoisotopic (exact) mass is 391 g/mol. The Bertz CT molecular complexity index is 716. The summed E-state index contributed by atoms with van der Waals surface area (Å²) in [5.41, 5.74) is 1.93. The first-order chi connectivity index (χ1) is 10.8. The zero-order valence-electron chi connectivity index (χ0n) is 12.3. The van der Waals surface area contributed by atoms with Crippen molar-refractivity contribution >= 4 is 58.0 Å². The third kappa shape index (κ3) is 4.24. The second kappa shape index (κ2) is 7.63. The van der Waals surface area contributed by atoms with E-state index in [0.717, 1.165) is 0 Å². The molecule has 0 aliphatic carbocycles. The Morgan fingerprint density at radius 2 is 1.48 bits per heavy atom. The Hall–Kier alpha value is -1.13. The third-order valence-corrected chi connectivity index (χ3v) is 4.92. The maximum atomic E-state index is 11.9. The third-order valence-electron chi connectivity index (χ3n) is 3.19. The Morgan fingerprint density at radius 1 is 0.957 bits per heavy atom. The van der Waals surface area contributed by atoms with E-state index in [-0.39, 0.29) is 18.3 Å². The summed E-state index contributed by atoms with van der Waals surface area (Å²) >= 11 is 24.3. The lowest BCUT2D eigenvalue weighted by Gasteiger charge is -2.15. The lowest BCUT2D eigenvalue weighted by atomic mass is 10.1. The summed E-state index contributed by atoms with van der Waals surface area (Å²) in [4.78, 5) is 11.9. The lowest BCUT2D eigenvalue weighted by molar-refractivity contribution is -0.118. The summed E-state index contributed by atoms with van der Waals surface area (Å²) in [5, 5.41) is 4.35. The van der Waals surface area contributed by atoms with Gasteiger partial charge in [0, 0.05) is 15.7 Å². The number of anilines is 1. The molecule has 2 aromatic rings. The molecule has 0 unspecified atom stereocenters. The number of carbonyl (C=O) groups is 1. The summed E-state index contributed by atoms with van der Waals surface area (Å²) in [6, 6.07) is 6.74. The highest BCUT2D eigenvalue weighted by molar-refractivity contribution is 6.42. The molecule has 0 radical (unpaired) electrons. The van der Waals surface area contributed by atoms with Crippen molar-refractivity contribution in [2.75, 3.05) is 11.9 Å². The minimum Gasteiger partial charge on any atom is -0.481 e. The number of benzene rings is 2. The number of carbonyl (C=O) groups excluding carboxylic acids is 1. The minimum absolute atomic E-state index is 0.234. The summed E-state index contributed by atoms with van der Waals surface area (Å²) in [6.45, 7) is 3.28. The average Bonchev–Trinajstić information content (AvgIpc) is 2.53. The van der Waals surface area contributed by atoms with E-state index in [4.69, 9.17) is 51.1 Å². The molecule has 0 aliphatic heterocycles. The Kier molecular flexibility index (Phi) is 6.04. The molecular weight excluding hydrogens is 380 g/mol. The van der Waals surface area contributed by atoms with E-state index in [9.17, 15) is 4.79 Å². The van der Waals surface area contributed by atoms with Gasteiger partial charge in [0.05, 0.1) is 10.0 Å². The second-order valence-corrected chi connectivity index (χ2v) is 6.44. The molecule has 7 heteroatoms. The number of hydrogen-bond acceptors (Lipinski definition) is 2. The molecule has 23 heavy (non-hydrogen) atoms. The van der Waals surface area contributed by atoms with Gasteiger partial charge < -0.3 is 10.1 Å². The highest BCUT2D eigenvalue weighted by atomic mass is 35.5. The average molecular weight is 393 g/mol. The van der Waals surface area contributed by atoms with Crippen molar-refractivity contribution < 1.29 is 9.53 Å². The van der Waals surface area contributed by atoms with Crippen LogP contribution in [0.4, 0.5) is 5.69 Å². The maximum absolute atomic E-state index is 11.9. The largest absolute Gasteiger partial charge is 0.481 e. The number of hydrogen-bond donors (Lipinski definition) is 1. The number of nitrogens with one attached hydrogen (secondary N) is 1. The van der Waals surface area contributed by atoms with Crippen molar-refractivity contribution in [3.05, 3.63) is 55.5 Å². The van der Waals surface area contributed by atoms with Gasteiger partial charge in [-0.05, 0) is 49.2 Å². The van der Waals surface area contributed by atoms with Crippen LogP contribution in [0.25, 0.3) is 0 Å². The van der Waals surface area contributed by atoms with Gasteiger partial charge in [-0.25, -0.2) is 0 Å². The Labute approximate surface area is 154 Å². The Morgan fingerprint density at radius 3 is 2.00 bits per heavy atom. The van der Waals surface area contributed by atoms with Crippen LogP contribution in [-0.2, 0) is 4.79 Å². The van der Waals surface area contributed by atoms with E-state index in [1.165, 1.54) is 0 Å². The molecule has 1 N–H and O–H groups in total. The van der Waals surface area contributed by atoms with E-state index >= 15 is 0 Å². The molecule has 3 nitrogen and oxygen atoms in total. The summed E-state index contributed by atoms with van der Waals surface area (Å²) in [7, 11) is 0. The van der Waals surface area contributed by atoms with Gasteiger partial charge in [-0.15, -0.1) is 0 Å². The van der Waals surface area contributed by atoms with Crippen molar-refractivity contribution in [3.8, 4) is 5.75 Å². The second-order valence-electron chi connectivity index (χ2n) is 4.86. The molecule has 0 aliphatic rings. The Balaban J connectivity index is 2.09. The summed E-state index contributed by atoms with van der Waals surface area (Å²) < 4.78 is 5.48. The molecule has 0 aromatic heterocycles. The van der Waals surface area contributed by atoms with E-state index in [1.807, 2.05) is 0 Å². The SMILES string of the molecule is Cc1c(Cl)c(C)c(Cl)c(OCC(=O)Nc2ccc(Cl)cc2)c1Cl. The van der Waals surface area contributed by atoms with Gasteiger partial charge >= 0.3 is 0 Å². The maximum Gasteiger partial charge on any atom is 0.262 e. The van der Waals surface area contributed by atoms with Gasteiger partial charge in [0.1, 0.15) is 0 Å². The standard InChI is InChI=1S/C16H13Cl4NO2/c1-8-13(18)9(2)15(20)16(14(8)19)23-7-12(22)21-11-5-3-10(17)4-6-11/h3-6H,7H2,1-2H3,(H,21,22). The quantitative estimate of drug-likeness (QED) is 0.699. The molecule has 0 heterocycles. The van der Waals surface area contributed by atoms with Crippen molar-refractivity contribution in [2.24, 2.45) is 0 Å². The molecule has 122 valence electrons. The van der Waals surface area contributed by atoms with Gasteiger partial charge in [-0.2, -0.15) is 0 Å². The predicted octanol–water partition coefficient (Wildman–Crippen LogP) is 5.93. The highest BCUT2D eigenvalue weighted by Gasteiger charge is 2.18. The molecule has 0 spiro atoms. The van der Waals surface area contributed by atoms with Gasteiger partial charge in [0.25, 0.3) is 5.91 Å². The van der Waals surface area contributed by atoms with Crippen molar-refractivity contribution in [1.29, 1.82) is 0 Å². The number of amides is 1. The first-order valence-corrected chi connectivity index (χ1v) is 8.14. The molecule has 2 aromatic carbocycles. The van der Waals surface area contributed by atoms with Crippen LogP contribution in [0.2, 0.25) is 20.1 Å². The molecule has 0 fully saturated rings. The van der Waals surface area contributed by atoms with Crippen LogP contribution in [0.15, 0.2) is 24.3 Å². The van der Waals surface area contributed by atoms with Gasteiger partial charge in [0.15, 0.2) is 12.4 Å². The molecule has 1 amide bonds. The van der Waals surface area contributed by atoms with Gasteiger partial charge in [-0.3, -0.25) is 4.79 Å². The van der Waals surface area contributed by atoms with Crippen LogP contribution < -0.4 is 10.1 Å². The lowest BCUT2D eigenvalue weighted by Crippen LogP contribution is -2.20. The first kappa shape index (κ1) is 18.2. The topological polar surface area (TPSA) is 38.3 Å². The van der Waals surface area contributed by atoms with Crippen molar-refractivity contribution in [2.45, 2.75) is 13.8 Å². The minimum atomic E-state index is -0.343. The van der Waals surface area contributed by atoms with Crippen LogP contribution in [0.3, 0.4) is 0 Å². The predicted molar refractivity (Wildman–Crippen MR) is 96.5 cm³/mol. The molecule has 2 rings (SSSR count). The van der Waals surface area contributed by atoms with Gasteiger partial charge in [0.2, 0.25) is 0 Å². The number of ether oxygens (including phenoxy) is 1. The normalized spacial score (nSPS) is 10.5. The highest BCUT2D eigenvalue weighted by Crippen LogP contribution is 2.42. The van der Waals surface area contributed by atoms with Crippen LogP contribution in [0.1, 0.15) is 11.1 Å². The van der Waals surface area contributed by atoms with Crippen LogP contribution in [0, 0.1) is 13.8 Å². The first-order valence-electron chi connectivity index (χ1n) is 6.63. The summed E-state index contributed by atoms with van der Waals surface area (Å²) in [5.74, 6) is -0.0938. The molecule has 0 bridgehead atoms. The zero-order valence-corrected chi connectivity index (χ0v) is 15.4. The van der Waals surface area contributed by atoms with E-state index < -0.39 is 0 Å². The van der Waals surface area contributed by atoms with E-state index in [2.05, 4.69) is 5.32 Å². The fourth-order valence-electron chi connectivity index (χ4n) is 1.91. The van der Waals surface area contributed by atoms with Gasteiger partial charge in [-0.1, -0.05) is 46.4 Å². The van der Waals surface area contributed by atoms with E-state index in [0.29, 0.717) is 36.9 Å². The summed E-state index contributed by atoms with van der Waals surface area (Å²) in [6.07, 6.45) is 0. The fourth-order valence-corrected chi connectivity index (χ4v) is 2.85. The molecule has 0 saturated carbocycles. The smallest absolute Gasteiger partial charge is 0.262 e. The number of halogens is 4. The fraction of sp³-hybridized carbons (Fsp3) is 0.188. The molecular formula is C16H13Cl4NO2. The van der Waals surface area contributed by atoms with Crippen LogP contribution >= 0.6 is 46.4 Å². The van der Waals surface area contributed by atoms with Crippen LogP contribution in [-0.4, -0.2) is 12.5 Å².